The summed E-state index contributed by atoms with van der Waals surface area (Å²) in [6.45, 7) is 0. The maximum atomic E-state index is 13.6. The Bertz CT molecular complexity index is 578. The summed E-state index contributed by atoms with van der Waals surface area (Å²) in [5, 5.41) is 0.0519. The van der Waals surface area contributed by atoms with E-state index in [1.165, 1.54) is 24.4 Å². The lowest BCUT2D eigenvalue weighted by molar-refractivity contribution is 0.506. The molecule has 1 heterocycles. The van der Waals surface area contributed by atoms with Crippen LogP contribution in [0.3, 0.4) is 0 Å². The lowest BCUT2D eigenvalue weighted by atomic mass is 10.00. The van der Waals surface area contributed by atoms with Crippen molar-refractivity contribution < 1.29 is 8.78 Å². The first kappa shape index (κ1) is 13.9. The highest BCUT2D eigenvalue weighted by atomic mass is 35.5. The zero-order chi connectivity index (χ0) is 13.8. The van der Waals surface area contributed by atoms with Crippen molar-refractivity contribution in [3.05, 3.63) is 64.4 Å². The molecule has 0 aliphatic rings. The van der Waals surface area contributed by atoms with Gasteiger partial charge < -0.3 is 0 Å². The second-order valence-electron chi connectivity index (χ2n) is 4.07. The first-order chi connectivity index (χ1) is 9.11. The number of aromatic nitrogens is 1. The minimum atomic E-state index is -0.509. The molecule has 0 amide bonds. The summed E-state index contributed by atoms with van der Waals surface area (Å²) in [5.41, 5.74) is 3.57. The lowest BCUT2D eigenvalue weighted by Crippen LogP contribution is -2.30. The van der Waals surface area contributed by atoms with Gasteiger partial charge in [-0.05, 0) is 30.2 Å². The molecule has 0 fully saturated rings. The maximum Gasteiger partial charge on any atom is 0.146 e. The molecule has 2 rings (SSSR count). The highest BCUT2D eigenvalue weighted by molar-refractivity contribution is 6.30. The van der Waals surface area contributed by atoms with Gasteiger partial charge in [0.2, 0.25) is 0 Å². The van der Waals surface area contributed by atoms with Crippen molar-refractivity contribution in [3.63, 3.8) is 0 Å². The van der Waals surface area contributed by atoms with E-state index >= 15 is 0 Å². The molecule has 0 aliphatic heterocycles. The molecule has 1 aromatic heterocycles. The summed E-state index contributed by atoms with van der Waals surface area (Å²) in [4.78, 5) is 3.67. The van der Waals surface area contributed by atoms with Gasteiger partial charge in [0.15, 0.2) is 0 Å². The van der Waals surface area contributed by atoms with Crippen LogP contribution in [-0.2, 0) is 6.42 Å². The van der Waals surface area contributed by atoms with Crippen LogP contribution in [0.2, 0.25) is 5.02 Å². The summed E-state index contributed by atoms with van der Waals surface area (Å²) in [6.07, 6.45) is 2.93. The average Bonchev–Trinajstić information content (AvgIpc) is 2.41. The largest absolute Gasteiger partial charge is 0.271 e. The number of nitrogens with zero attached hydrogens (tertiary/aromatic N) is 1. The Morgan fingerprint density at radius 3 is 2.68 bits per heavy atom. The van der Waals surface area contributed by atoms with E-state index in [-0.39, 0.29) is 5.02 Å². The first-order valence-corrected chi connectivity index (χ1v) is 5.99. The van der Waals surface area contributed by atoms with Crippen LogP contribution < -0.4 is 11.3 Å². The van der Waals surface area contributed by atoms with Gasteiger partial charge in [-0.3, -0.25) is 16.3 Å². The van der Waals surface area contributed by atoms with Crippen LogP contribution in [-0.4, -0.2) is 4.98 Å². The highest BCUT2D eigenvalue weighted by Crippen LogP contribution is 2.22. The van der Waals surface area contributed by atoms with Crippen LogP contribution in [0.15, 0.2) is 36.7 Å². The van der Waals surface area contributed by atoms with Crippen LogP contribution in [0.4, 0.5) is 8.78 Å². The van der Waals surface area contributed by atoms with E-state index in [4.69, 9.17) is 17.4 Å². The van der Waals surface area contributed by atoms with Crippen LogP contribution >= 0.6 is 11.6 Å². The van der Waals surface area contributed by atoms with Crippen LogP contribution in [0.25, 0.3) is 0 Å². The maximum absolute atomic E-state index is 13.6. The fourth-order valence-corrected chi connectivity index (χ4v) is 1.95. The van der Waals surface area contributed by atoms with Gasteiger partial charge in [-0.15, -0.1) is 0 Å². The smallest absolute Gasteiger partial charge is 0.146 e. The van der Waals surface area contributed by atoms with Gasteiger partial charge >= 0.3 is 0 Å². The minimum absolute atomic E-state index is 0.0519. The van der Waals surface area contributed by atoms with E-state index in [0.717, 1.165) is 6.20 Å². The number of nitrogens with one attached hydrogen (secondary N) is 1. The number of hydrazine groups is 1. The SMILES string of the molecule is NNC(Cc1ccc(Cl)c(F)c1)c1ccncc1F. The van der Waals surface area contributed by atoms with Crippen molar-refractivity contribution in [1.29, 1.82) is 0 Å². The topological polar surface area (TPSA) is 50.9 Å². The molecule has 0 spiro atoms. The summed E-state index contributed by atoms with van der Waals surface area (Å²) < 4.78 is 27.0. The first-order valence-electron chi connectivity index (χ1n) is 5.61. The number of halogens is 3. The van der Waals surface area contributed by atoms with Crippen molar-refractivity contribution in [2.24, 2.45) is 5.84 Å². The monoisotopic (exact) mass is 283 g/mol. The molecule has 0 saturated carbocycles. The number of nitrogens with two attached hydrogens (primary N) is 1. The minimum Gasteiger partial charge on any atom is -0.271 e. The molecule has 2 aromatic rings. The van der Waals surface area contributed by atoms with E-state index in [9.17, 15) is 8.78 Å². The number of benzene rings is 1. The predicted octanol–water partition coefficient (Wildman–Crippen LogP) is 2.76. The third kappa shape index (κ3) is 3.26. The van der Waals surface area contributed by atoms with Gasteiger partial charge in [0.05, 0.1) is 17.3 Å². The van der Waals surface area contributed by atoms with Crippen molar-refractivity contribution >= 4 is 11.6 Å². The Morgan fingerprint density at radius 2 is 2.05 bits per heavy atom. The van der Waals surface area contributed by atoms with Crippen molar-refractivity contribution in [3.8, 4) is 0 Å². The van der Waals surface area contributed by atoms with E-state index < -0.39 is 17.7 Å². The zero-order valence-corrected chi connectivity index (χ0v) is 10.7. The molecule has 0 aliphatic carbocycles. The second kappa shape index (κ2) is 6.06. The molecule has 1 atom stereocenters. The van der Waals surface area contributed by atoms with Gasteiger partial charge in [-0.25, -0.2) is 8.78 Å². The van der Waals surface area contributed by atoms with Crippen LogP contribution in [0.5, 0.6) is 0 Å². The molecule has 1 unspecified atom stereocenters. The standard InChI is InChI=1S/C13H12ClF2N3/c14-10-2-1-8(5-11(10)15)6-13(19-17)9-3-4-18-7-12(9)16/h1-5,7,13,19H,6,17H2. The molecule has 0 saturated heterocycles. The number of rotatable bonds is 4. The van der Waals surface area contributed by atoms with Crippen molar-refractivity contribution in [1.82, 2.24) is 10.4 Å². The van der Waals surface area contributed by atoms with E-state index in [1.54, 1.807) is 6.07 Å². The molecule has 0 radical (unpaired) electrons. The van der Waals surface area contributed by atoms with Crippen molar-refractivity contribution in [2.45, 2.75) is 12.5 Å². The molecule has 6 heteroatoms. The van der Waals surface area contributed by atoms with Crippen molar-refractivity contribution in [2.75, 3.05) is 0 Å². The quantitative estimate of drug-likeness (QED) is 0.670. The Morgan fingerprint density at radius 1 is 1.26 bits per heavy atom. The molecule has 1 aromatic carbocycles. The summed E-state index contributed by atoms with van der Waals surface area (Å²) in [7, 11) is 0. The van der Waals surface area contributed by atoms with Gasteiger partial charge in [-0.1, -0.05) is 17.7 Å². The lowest BCUT2D eigenvalue weighted by Gasteiger charge is -2.17. The molecular weight excluding hydrogens is 272 g/mol. The van der Waals surface area contributed by atoms with E-state index in [2.05, 4.69) is 10.4 Å². The normalized spacial score (nSPS) is 12.4. The molecule has 0 bridgehead atoms. The van der Waals surface area contributed by atoms with Gasteiger partial charge in [0.25, 0.3) is 0 Å². The Kier molecular flexibility index (Phi) is 4.42. The third-order valence-electron chi connectivity index (χ3n) is 2.80. The molecule has 100 valence electrons. The zero-order valence-electron chi connectivity index (χ0n) is 9.91. The fourth-order valence-electron chi connectivity index (χ4n) is 1.83. The van der Waals surface area contributed by atoms with Gasteiger partial charge in [-0.2, -0.15) is 0 Å². The Labute approximate surface area is 114 Å². The van der Waals surface area contributed by atoms with Gasteiger partial charge in [0, 0.05) is 11.8 Å². The predicted molar refractivity (Wildman–Crippen MR) is 69.4 cm³/mol. The fraction of sp³-hybridized carbons (Fsp3) is 0.154. The van der Waals surface area contributed by atoms with Gasteiger partial charge in [0.1, 0.15) is 11.6 Å². The summed E-state index contributed by atoms with van der Waals surface area (Å²) in [6, 6.07) is 5.51. The molecule has 19 heavy (non-hydrogen) atoms. The molecule has 3 N–H and O–H groups in total. The average molecular weight is 284 g/mol. The van der Waals surface area contributed by atoms with Crippen LogP contribution in [0, 0.1) is 11.6 Å². The summed E-state index contributed by atoms with van der Waals surface area (Å²) in [5.74, 6) is 4.47. The Hall–Kier alpha value is -1.56. The third-order valence-corrected chi connectivity index (χ3v) is 3.11. The van der Waals surface area contributed by atoms with E-state index in [1.807, 2.05) is 0 Å². The number of hydrogen-bond donors (Lipinski definition) is 2. The molecular formula is C13H12ClF2N3. The number of hydrogen-bond acceptors (Lipinski definition) is 3. The number of pyridine rings is 1. The van der Waals surface area contributed by atoms with E-state index in [0.29, 0.717) is 17.5 Å². The Balaban J connectivity index is 2.24. The van der Waals surface area contributed by atoms with Crippen LogP contribution in [0.1, 0.15) is 17.2 Å². The molecule has 3 nitrogen and oxygen atoms in total. The highest BCUT2D eigenvalue weighted by Gasteiger charge is 2.15. The summed E-state index contributed by atoms with van der Waals surface area (Å²) >= 11 is 5.61. The second-order valence-corrected chi connectivity index (χ2v) is 4.48.